The molecule has 0 aromatic heterocycles. The van der Waals surface area contributed by atoms with E-state index in [0.29, 0.717) is 5.69 Å². The number of halogens is 3. The highest BCUT2D eigenvalue weighted by molar-refractivity contribution is 6.34. The summed E-state index contributed by atoms with van der Waals surface area (Å²) < 4.78 is 13.3. The van der Waals surface area contributed by atoms with Crippen molar-refractivity contribution in [3.8, 4) is 0 Å². The van der Waals surface area contributed by atoms with Crippen LogP contribution in [0.5, 0.6) is 0 Å². The molecule has 1 aliphatic rings. The molecule has 7 nitrogen and oxygen atoms in total. The van der Waals surface area contributed by atoms with Crippen LogP contribution in [0.1, 0.15) is 6.42 Å². The molecule has 0 radical (unpaired) electrons. The Balaban J connectivity index is 1.72. The standard InChI is InChI=1S/C17H12Cl2FN3O4/c18-12-6-10(1-3-14(12)20)22-8-9(5-16(22)24)17(25)21-15-4-2-11(23(26)27)7-13(15)19/h1-4,6-7,9H,5,8H2,(H,21,25). The molecule has 3 rings (SSSR count). The predicted octanol–water partition coefficient (Wildman–Crippen LogP) is 4.03. The van der Waals surface area contributed by atoms with Gasteiger partial charge in [-0.05, 0) is 24.3 Å². The Morgan fingerprint density at radius 2 is 1.96 bits per heavy atom. The van der Waals surface area contributed by atoms with E-state index in [4.69, 9.17) is 23.2 Å². The number of nitro benzene ring substituents is 1. The first-order valence-corrected chi connectivity index (χ1v) is 8.52. The van der Waals surface area contributed by atoms with Gasteiger partial charge in [0, 0.05) is 30.8 Å². The molecule has 27 heavy (non-hydrogen) atoms. The molecule has 0 spiro atoms. The van der Waals surface area contributed by atoms with Crippen LogP contribution in [0.2, 0.25) is 10.0 Å². The number of amides is 2. The van der Waals surface area contributed by atoms with Gasteiger partial charge in [0.1, 0.15) is 5.82 Å². The van der Waals surface area contributed by atoms with Crippen LogP contribution in [0.4, 0.5) is 21.5 Å². The number of non-ortho nitro benzene ring substituents is 1. The minimum atomic E-state index is -0.660. The molecule has 0 aliphatic carbocycles. The van der Waals surface area contributed by atoms with Crippen LogP contribution < -0.4 is 10.2 Å². The lowest BCUT2D eigenvalue weighted by molar-refractivity contribution is -0.384. The second-order valence-corrected chi connectivity index (χ2v) is 6.73. The van der Waals surface area contributed by atoms with Gasteiger partial charge in [0.15, 0.2) is 0 Å². The maximum atomic E-state index is 13.3. The second-order valence-electron chi connectivity index (χ2n) is 5.91. The largest absolute Gasteiger partial charge is 0.324 e. The second kappa shape index (κ2) is 7.50. The van der Waals surface area contributed by atoms with E-state index in [9.17, 15) is 24.1 Å². The van der Waals surface area contributed by atoms with E-state index in [2.05, 4.69) is 5.32 Å². The predicted molar refractivity (Wildman–Crippen MR) is 98.6 cm³/mol. The SMILES string of the molecule is O=C(Nc1ccc([N+](=O)[O-])cc1Cl)C1CC(=O)N(c2ccc(F)c(Cl)c2)C1. The molecule has 2 aromatic rings. The summed E-state index contributed by atoms with van der Waals surface area (Å²) in [6.45, 7) is 0.0945. The molecule has 10 heteroatoms. The fourth-order valence-corrected chi connectivity index (χ4v) is 3.14. The quantitative estimate of drug-likeness (QED) is 0.606. The number of nitrogens with one attached hydrogen (secondary N) is 1. The number of benzene rings is 2. The van der Waals surface area contributed by atoms with E-state index in [1.54, 1.807) is 0 Å². The van der Waals surface area contributed by atoms with Gasteiger partial charge in [0.25, 0.3) is 5.69 Å². The van der Waals surface area contributed by atoms with Crippen LogP contribution in [0.15, 0.2) is 36.4 Å². The van der Waals surface area contributed by atoms with Gasteiger partial charge in [0.05, 0.1) is 26.6 Å². The Morgan fingerprint density at radius 1 is 1.22 bits per heavy atom. The van der Waals surface area contributed by atoms with Crippen molar-refractivity contribution in [2.45, 2.75) is 6.42 Å². The van der Waals surface area contributed by atoms with Crippen molar-refractivity contribution < 1.29 is 18.9 Å². The summed E-state index contributed by atoms with van der Waals surface area (Å²) in [7, 11) is 0. The lowest BCUT2D eigenvalue weighted by Crippen LogP contribution is -2.28. The third-order valence-corrected chi connectivity index (χ3v) is 4.73. The summed E-state index contributed by atoms with van der Waals surface area (Å²) in [6.07, 6.45) is -0.0363. The van der Waals surface area contributed by atoms with Gasteiger partial charge in [-0.2, -0.15) is 0 Å². The van der Waals surface area contributed by atoms with Gasteiger partial charge >= 0.3 is 0 Å². The maximum absolute atomic E-state index is 13.3. The van der Waals surface area contributed by atoms with Gasteiger partial charge in [-0.3, -0.25) is 19.7 Å². The van der Waals surface area contributed by atoms with Crippen molar-refractivity contribution >= 4 is 52.1 Å². The molecule has 1 heterocycles. The molecule has 2 aromatic carbocycles. The minimum absolute atomic E-state index is 0.0176. The Bertz CT molecular complexity index is 954. The van der Waals surface area contributed by atoms with Crippen molar-refractivity contribution in [1.29, 1.82) is 0 Å². The molecule has 0 bridgehead atoms. The zero-order valence-corrected chi connectivity index (χ0v) is 15.1. The highest BCUT2D eigenvalue weighted by Gasteiger charge is 2.35. The number of rotatable bonds is 4. The molecular weight excluding hydrogens is 400 g/mol. The summed E-state index contributed by atoms with van der Waals surface area (Å²) in [4.78, 5) is 36.2. The van der Waals surface area contributed by atoms with Crippen molar-refractivity contribution in [1.82, 2.24) is 0 Å². The van der Waals surface area contributed by atoms with Crippen molar-refractivity contribution in [3.05, 3.63) is 62.4 Å². The van der Waals surface area contributed by atoms with Gasteiger partial charge in [-0.15, -0.1) is 0 Å². The number of nitrogens with zero attached hydrogens (tertiary/aromatic N) is 2. The summed E-state index contributed by atoms with van der Waals surface area (Å²) in [5, 5.41) is 13.2. The van der Waals surface area contributed by atoms with E-state index < -0.39 is 22.6 Å². The lowest BCUT2D eigenvalue weighted by atomic mass is 10.1. The van der Waals surface area contributed by atoms with Crippen LogP contribution in [0.25, 0.3) is 0 Å². The molecule has 140 valence electrons. The van der Waals surface area contributed by atoms with E-state index in [1.807, 2.05) is 0 Å². The molecule has 1 N–H and O–H groups in total. The number of hydrogen-bond donors (Lipinski definition) is 1. The van der Waals surface area contributed by atoms with E-state index in [0.717, 1.165) is 12.1 Å². The molecular formula is C17H12Cl2FN3O4. The summed E-state index contributed by atoms with van der Waals surface area (Å²) in [6, 6.07) is 7.55. The number of anilines is 2. The molecule has 1 unspecified atom stereocenters. The topological polar surface area (TPSA) is 92.5 Å². The van der Waals surface area contributed by atoms with Crippen molar-refractivity contribution in [2.24, 2.45) is 5.92 Å². The molecule has 1 aliphatic heterocycles. The first-order chi connectivity index (χ1) is 12.8. The van der Waals surface area contributed by atoms with E-state index >= 15 is 0 Å². The first-order valence-electron chi connectivity index (χ1n) is 7.76. The Hall–Kier alpha value is -2.71. The smallest absolute Gasteiger partial charge is 0.271 e. The maximum Gasteiger partial charge on any atom is 0.271 e. The number of nitro groups is 1. The molecule has 0 saturated carbocycles. The zero-order chi connectivity index (χ0) is 19.7. The first kappa shape index (κ1) is 19.1. The third kappa shape index (κ3) is 4.01. The highest BCUT2D eigenvalue weighted by atomic mass is 35.5. The van der Waals surface area contributed by atoms with Crippen molar-refractivity contribution in [3.63, 3.8) is 0 Å². The zero-order valence-electron chi connectivity index (χ0n) is 13.6. The van der Waals surface area contributed by atoms with Gasteiger partial charge in [-0.1, -0.05) is 23.2 Å². The van der Waals surface area contributed by atoms with Crippen molar-refractivity contribution in [2.75, 3.05) is 16.8 Å². The van der Waals surface area contributed by atoms with Crippen LogP contribution in [0.3, 0.4) is 0 Å². The normalized spacial score (nSPS) is 16.5. The van der Waals surface area contributed by atoms with Crippen LogP contribution in [-0.2, 0) is 9.59 Å². The fraction of sp³-hybridized carbons (Fsp3) is 0.176. The number of hydrogen-bond acceptors (Lipinski definition) is 4. The summed E-state index contributed by atoms with van der Waals surface area (Å²) in [5.74, 6) is -2.01. The average molecular weight is 412 g/mol. The Kier molecular flexibility index (Phi) is 5.29. The fourth-order valence-electron chi connectivity index (χ4n) is 2.74. The van der Waals surface area contributed by atoms with E-state index in [1.165, 1.54) is 29.2 Å². The molecule has 1 saturated heterocycles. The summed E-state index contributed by atoms with van der Waals surface area (Å²) in [5.41, 5.74) is 0.409. The molecule has 2 amide bonds. The number of carbonyl (C=O) groups is 2. The average Bonchev–Trinajstić information content (AvgIpc) is 3.01. The lowest BCUT2D eigenvalue weighted by Gasteiger charge is -2.17. The number of carbonyl (C=O) groups excluding carboxylic acids is 2. The monoisotopic (exact) mass is 411 g/mol. The minimum Gasteiger partial charge on any atom is -0.324 e. The summed E-state index contributed by atoms with van der Waals surface area (Å²) >= 11 is 11.7. The van der Waals surface area contributed by atoms with E-state index in [-0.39, 0.29) is 40.3 Å². The van der Waals surface area contributed by atoms with Gasteiger partial charge in [0.2, 0.25) is 11.8 Å². The molecule has 1 fully saturated rings. The van der Waals surface area contributed by atoms with Crippen LogP contribution >= 0.6 is 23.2 Å². The highest BCUT2D eigenvalue weighted by Crippen LogP contribution is 2.31. The van der Waals surface area contributed by atoms with Crippen LogP contribution in [-0.4, -0.2) is 23.3 Å². The Morgan fingerprint density at radius 3 is 2.59 bits per heavy atom. The van der Waals surface area contributed by atoms with Gasteiger partial charge in [-0.25, -0.2) is 4.39 Å². The third-order valence-electron chi connectivity index (χ3n) is 4.13. The molecule has 1 atom stereocenters. The van der Waals surface area contributed by atoms with Gasteiger partial charge < -0.3 is 10.2 Å². The van der Waals surface area contributed by atoms with Crippen LogP contribution in [0, 0.1) is 21.8 Å². The Labute approximate surface area is 162 Å².